The summed E-state index contributed by atoms with van der Waals surface area (Å²) < 4.78 is 0. The molecule has 0 atom stereocenters. The molecule has 0 bridgehead atoms. The first-order valence-corrected chi connectivity index (χ1v) is 7.39. The van der Waals surface area contributed by atoms with E-state index in [1.54, 1.807) is 6.07 Å². The number of nitro benzene ring substituents is 1. The molecule has 0 fully saturated rings. The number of likely N-dealkylation sites (N-methyl/N-ethyl adjacent to an activating group) is 1. The van der Waals surface area contributed by atoms with Crippen LogP contribution in [0.4, 0.5) is 11.4 Å². The molecule has 0 saturated carbocycles. The summed E-state index contributed by atoms with van der Waals surface area (Å²) in [6, 6.07) is 7.47. The van der Waals surface area contributed by atoms with Gasteiger partial charge < -0.3 is 10.2 Å². The van der Waals surface area contributed by atoms with Crippen molar-refractivity contribution in [3.8, 4) is 0 Å². The molecule has 1 aromatic heterocycles. The van der Waals surface area contributed by atoms with E-state index < -0.39 is 0 Å². The van der Waals surface area contributed by atoms with E-state index in [1.165, 1.54) is 6.07 Å². The zero-order valence-electron chi connectivity index (χ0n) is 13.5. The third-order valence-corrected chi connectivity index (χ3v) is 3.80. The Hall–Kier alpha value is -2.21. The highest BCUT2D eigenvalue weighted by Gasteiger charge is 2.15. The van der Waals surface area contributed by atoms with Crippen LogP contribution >= 0.6 is 0 Å². The van der Waals surface area contributed by atoms with Gasteiger partial charge >= 0.3 is 0 Å². The number of benzene rings is 1. The Balaban J connectivity index is 2.30. The summed E-state index contributed by atoms with van der Waals surface area (Å²) in [4.78, 5) is 17.3. The molecule has 118 valence electrons. The number of aromatic nitrogens is 1. The maximum absolute atomic E-state index is 11.2. The Morgan fingerprint density at radius 3 is 2.77 bits per heavy atom. The smallest absolute Gasteiger partial charge is 0.295 e. The van der Waals surface area contributed by atoms with Gasteiger partial charge in [0, 0.05) is 42.0 Å². The van der Waals surface area contributed by atoms with Crippen molar-refractivity contribution in [3.63, 3.8) is 0 Å². The van der Waals surface area contributed by atoms with E-state index in [4.69, 9.17) is 0 Å². The van der Waals surface area contributed by atoms with Gasteiger partial charge in [-0.25, -0.2) is 4.98 Å². The summed E-state index contributed by atoms with van der Waals surface area (Å²) in [5, 5.41) is 15.3. The van der Waals surface area contributed by atoms with Gasteiger partial charge in [0.25, 0.3) is 5.69 Å². The maximum atomic E-state index is 11.2. The normalized spacial score (nSPS) is 11.4. The third-order valence-electron chi connectivity index (χ3n) is 3.80. The topological polar surface area (TPSA) is 71.3 Å². The van der Waals surface area contributed by atoms with E-state index in [0.29, 0.717) is 11.6 Å². The number of aryl methyl sites for hydroxylation is 1. The molecule has 0 saturated heterocycles. The molecule has 1 N–H and O–H groups in total. The summed E-state index contributed by atoms with van der Waals surface area (Å²) in [6.45, 7) is 7.82. The van der Waals surface area contributed by atoms with Crippen molar-refractivity contribution in [2.45, 2.75) is 26.8 Å². The zero-order chi connectivity index (χ0) is 16.3. The molecule has 1 heterocycles. The van der Waals surface area contributed by atoms with Crippen LogP contribution in [0.2, 0.25) is 0 Å². The summed E-state index contributed by atoms with van der Waals surface area (Å²) in [6.07, 6.45) is 0. The van der Waals surface area contributed by atoms with Gasteiger partial charge in [-0.1, -0.05) is 12.1 Å². The summed E-state index contributed by atoms with van der Waals surface area (Å²) >= 11 is 0. The van der Waals surface area contributed by atoms with Crippen molar-refractivity contribution in [1.29, 1.82) is 0 Å². The lowest BCUT2D eigenvalue weighted by atomic mass is 10.1. The molecule has 2 rings (SSSR count). The van der Waals surface area contributed by atoms with E-state index in [-0.39, 0.29) is 10.6 Å². The molecule has 22 heavy (non-hydrogen) atoms. The number of nitrogens with zero attached hydrogens (tertiary/aromatic N) is 3. The maximum Gasteiger partial charge on any atom is 0.295 e. The largest absolute Gasteiger partial charge is 0.383 e. The zero-order valence-corrected chi connectivity index (χ0v) is 13.5. The molecule has 0 aliphatic rings. The first-order valence-electron chi connectivity index (χ1n) is 7.39. The van der Waals surface area contributed by atoms with Crippen LogP contribution < -0.4 is 5.32 Å². The van der Waals surface area contributed by atoms with Crippen LogP contribution in [0.1, 0.15) is 19.5 Å². The lowest BCUT2D eigenvalue weighted by molar-refractivity contribution is -0.383. The molecule has 0 amide bonds. The number of pyridine rings is 1. The molecule has 0 aliphatic carbocycles. The van der Waals surface area contributed by atoms with Gasteiger partial charge in [-0.3, -0.25) is 10.1 Å². The number of non-ortho nitro benzene ring substituents is 1. The first-order chi connectivity index (χ1) is 10.4. The van der Waals surface area contributed by atoms with Crippen molar-refractivity contribution in [1.82, 2.24) is 9.88 Å². The molecule has 6 nitrogen and oxygen atoms in total. The fourth-order valence-electron chi connectivity index (χ4n) is 2.28. The fraction of sp³-hybridized carbons (Fsp3) is 0.438. The first kappa shape index (κ1) is 16.2. The van der Waals surface area contributed by atoms with Crippen LogP contribution in [0.3, 0.4) is 0 Å². The fourth-order valence-corrected chi connectivity index (χ4v) is 2.28. The van der Waals surface area contributed by atoms with Crippen LogP contribution in [-0.2, 0) is 0 Å². The number of hydrogen-bond acceptors (Lipinski definition) is 5. The number of nitrogens with one attached hydrogen (secondary N) is 1. The van der Waals surface area contributed by atoms with Gasteiger partial charge in [-0.2, -0.15) is 0 Å². The Morgan fingerprint density at radius 2 is 2.14 bits per heavy atom. The Labute approximate surface area is 130 Å². The monoisotopic (exact) mass is 302 g/mol. The minimum absolute atomic E-state index is 0.0450. The molecular formula is C16H22N4O2. The van der Waals surface area contributed by atoms with E-state index in [0.717, 1.165) is 29.9 Å². The quantitative estimate of drug-likeness (QED) is 0.655. The van der Waals surface area contributed by atoms with Gasteiger partial charge in [-0.05, 0) is 33.9 Å². The van der Waals surface area contributed by atoms with Gasteiger partial charge in [0.15, 0.2) is 5.52 Å². The average molecular weight is 302 g/mol. The van der Waals surface area contributed by atoms with E-state index in [2.05, 4.69) is 36.1 Å². The molecule has 0 radical (unpaired) electrons. The Bertz CT molecular complexity index is 685. The van der Waals surface area contributed by atoms with Crippen molar-refractivity contribution < 1.29 is 4.92 Å². The number of nitro groups is 1. The number of hydrogen-bond donors (Lipinski definition) is 1. The lowest BCUT2D eigenvalue weighted by Gasteiger charge is -2.21. The second-order valence-corrected chi connectivity index (χ2v) is 5.74. The third kappa shape index (κ3) is 3.51. The Morgan fingerprint density at radius 1 is 1.41 bits per heavy atom. The van der Waals surface area contributed by atoms with Crippen LogP contribution in [0.15, 0.2) is 24.3 Å². The second kappa shape index (κ2) is 6.70. The summed E-state index contributed by atoms with van der Waals surface area (Å²) in [7, 11) is 2.08. The van der Waals surface area contributed by atoms with Crippen molar-refractivity contribution in [2.75, 3.05) is 25.5 Å². The molecular weight excluding hydrogens is 280 g/mol. The van der Waals surface area contributed by atoms with Gasteiger partial charge in [0.05, 0.1) is 4.92 Å². The molecule has 0 unspecified atom stereocenters. The van der Waals surface area contributed by atoms with Gasteiger partial charge in [0.2, 0.25) is 0 Å². The standard InChI is InChI=1S/C16H22N4O2/c1-11(2)19(4)9-8-17-14-10-12(3)18-16-13(14)6-5-7-15(16)20(21)22/h5-7,10-11H,8-9H2,1-4H3,(H,17,18). The molecule has 6 heteroatoms. The van der Waals surface area contributed by atoms with Crippen molar-refractivity contribution in [2.24, 2.45) is 0 Å². The number of para-hydroxylation sites is 1. The Kier molecular flexibility index (Phi) is 4.92. The van der Waals surface area contributed by atoms with Gasteiger partial charge in [0.1, 0.15) is 0 Å². The number of rotatable bonds is 6. The SMILES string of the molecule is Cc1cc(NCCN(C)C(C)C)c2cccc([N+](=O)[O-])c2n1. The molecule has 0 spiro atoms. The predicted octanol–water partition coefficient (Wildman–Crippen LogP) is 3.20. The van der Waals surface area contributed by atoms with E-state index in [1.807, 2.05) is 19.1 Å². The van der Waals surface area contributed by atoms with Gasteiger partial charge in [-0.15, -0.1) is 0 Å². The van der Waals surface area contributed by atoms with E-state index in [9.17, 15) is 10.1 Å². The van der Waals surface area contributed by atoms with Crippen molar-refractivity contribution >= 4 is 22.3 Å². The van der Waals surface area contributed by atoms with Crippen LogP contribution in [0.25, 0.3) is 10.9 Å². The minimum atomic E-state index is -0.384. The van der Waals surface area contributed by atoms with Crippen LogP contribution in [0.5, 0.6) is 0 Å². The van der Waals surface area contributed by atoms with Crippen LogP contribution in [-0.4, -0.2) is 41.0 Å². The highest BCUT2D eigenvalue weighted by Crippen LogP contribution is 2.29. The lowest BCUT2D eigenvalue weighted by Crippen LogP contribution is -2.31. The highest BCUT2D eigenvalue weighted by atomic mass is 16.6. The highest BCUT2D eigenvalue weighted by molar-refractivity contribution is 5.96. The predicted molar refractivity (Wildman–Crippen MR) is 89.4 cm³/mol. The molecule has 1 aromatic carbocycles. The number of anilines is 1. The number of fused-ring (bicyclic) bond motifs is 1. The van der Waals surface area contributed by atoms with E-state index >= 15 is 0 Å². The summed E-state index contributed by atoms with van der Waals surface area (Å²) in [5.74, 6) is 0. The molecule has 2 aromatic rings. The second-order valence-electron chi connectivity index (χ2n) is 5.74. The average Bonchev–Trinajstić information content (AvgIpc) is 2.45. The summed E-state index contributed by atoms with van der Waals surface area (Å²) in [5.41, 5.74) is 2.14. The minimum Gasteiger partial charge on any atom is -0.383 e. The van der Waals surface area contributed by atoms with Crippen molar-refractivity contribution in [3.05, 3.63) is 40.1 Å². The van der Waals surface area contributed by atoms with Crippen LogP contribution in [0, 0.1) is 17.0 Å². The molecule has 0 aliphatic heterocycles.